The summed E-state index contributed by atoms with van der Waals surface area (Å²) in [5.74, 6) is 0. The van der Waals surface area contributed by atoms with Crippen LogP contribution in [0.2, 0.25) is 0 Å². The molecule has 0 saturated carbocycles. The van der Waals surface area contributed by atoms with Crippen molar-refractivity contribution < 1.29 is 0 Å². The normalized spacial score (nSPS) is 10.7. The molecule has 0 unspecified atom stereocenters. The van der Waals surface area contributed by atoms with Crippen molar-refractivity contribution in [2.45, 2.75) is 40.2 Å². The molecule has 1 rings (SSSR count). The lowest BCUT2D eigenvalue weighted by Gasteiger charge is -2.10. The maximum absolute atomic E-state index is 3.62. The van der Waals surface area contributed by atoms with E-state index in [2.05, 4.69) is 54.2 Å². The average Bonchev–Trinajstić information content (AvgIpc) is 2.24. The molecule has 0 radical (unpaired) electrons. The standard InChI is InChI=1S/C13H20BrN/c1-4-5-8-15-9-12-7-6-10(2)13(14)11(12)3/h6-7,15H,4-5,8-9H2,1-3H3. The van der Waals surface area contributed by atoms with Crippen molar-refractivity contribution in [3.63, 3.8) is 0 Å². The molecule has 1 N–H and O–H groups in total. The molecular weight excluding hydrogens is 250 g/mol. The first kappa shape index (κ1) is 12.7. The Kier molecular flexibility index (Phi) is 5.34. The maximum Gasteiger partial charge on any atom is 0.0236 e. The van der Waals surface area contributed by atoms with Crippen LogP contribution in [-0.4, -0.2) is 6.54 Å². The molecule has 0 aliphatic carbocycles. The predicted molar refractivity (Wildman–Crippen MR) is 70.2 cm³/mol. The van der Waals surface area contributed by atoms with Gasteiger partial charge < -0.3 is 5.32 Å². The second-order valence-corrected chi connectivity index (χ2v) is 4.80. The molecule has 1 aromatic rings. The van der Waals surface area contributed by atoms with Crippen molar-refractivity contribution in [1.29, 1.82) is 0 Å². The molecule has 0 aliphatic heterocycles. The summed E-state index contributed by atoms with van der Waals surface area (Å²) in [5.41, 5.74) is 4.06. The molecule has 0 aromatic heterocycles. The molecule has 2 heteroatoms. The Balaban J connectivity index is 2.58. The van der Waals surface area contributed by atoms with Crippen LogP contribution in [0.4, 0.5) is 0 Å². The maximum atomic E-state index is 3.62. The smallest absolute Gasteiger partial charge is 0.0236 e. The SMILES string of the molecule is CCCCNCc1ccc(C)c(Br)c1C. The molecule has 84 valence electrons. The fourth-order valence-corrected chi connectivity index (χ4v) is 1.96. The number of hydrogen-bond acceptors (Lipinski definition) is 1. The van der Waals surface area contributed by atoms with E-state index < -0.39 is 0 Å². The Morgan fingerprint density at radius 3 is 2.67 bits per heavy atom. The summed E-state index contributed by atoms with van der Waals surface area (Å²) in [7, 11) is 0. The number of hydrogen-bond donors (Lipinski definition) is 1. The van der Waals surface area contributed by atoms with Crippen LogP contribution >= 0.6 is 15.9 Å². The lowest BCUT2D eigenvalue weighted by Crippen LogP contribution is -2.15. The van der Waals surface area contributed by atoms with E-state index in [1.807, 2.05) is 0 Å². The van der Waals surface area contributed by atoms with Crippen molar-refractivity contribution in [2.24, 2.45) is 0 Å². The number of aryl methyl sites for hydroxylation is 1. The van der Waals surface area contributed by atoms with Gasteiger partial charge in [0.1, 0.15) is 0 Å². The lowest BCUT2D eigenvalue weighted by atomic mass is 10.1. The molecule has 0 fully saturated rings. The van der Waals surface area contributed by atoms with Crippen LogP contribution in [0.5, 0.6) is 0 Å². The van der Waals surface area contributed by atoms with Crippen molar-refractivity contribution in [2.75, 3.05) is 6.54 Å². The van der Waals surface area contributed by atoms with Gasteiger partial charge in [0, 0.05) is 11.0 Å². The number of unbranched alkanes of at least 4 members (excludes halogenated alkanes) is 1. The van der Waals surface area contributed by atoms with Crippen LogP contribution in [0.3, 0.4) is 0 Å². The summed E-state index contributed by atoms with van der Waals surface area (Å²) in [6.07, 6.45) is 2.51. The second kappa shape index (κ2) is 6.29. The number of nitrogens with one attached hydrogen (secondary N) is 1. The van der Waals surface area contributed by atoms with Crippen molar-refractivity contribution >= 4 is 15.9 Å². The Bertz CT molecular complexity index is 321. The van der Waals surface area contributed by atoms with Gasteiger partial charge in [-0.1, -0.05) is 41.4 Å². The molecule has 0 atom stereocenters. The summed E-state index contributed by atoms with van der Waals surface area (Å²) >= 11 is 3.62. The van der Waals surface area contributed by atoms with Gasteiger partial charge in [0.05, 0.1) is 0 Å². The highest BCUT2D eigenvalue weighted by molar-refractivity contribution is 9.10. The zero-order valence-corrected chi connectivity index (χ0v) is 11.4. The van der Waals surface area contributed by atoms with Gasteiger partial charge >= 0.3 is 0 Å². The van der Waals surface area contributed by atoms with E-state index in [4.69, 9.17) is 0 Å². The van der Waals surface area contributed by atoms with E-state index in [1.165, 1.54) is 34.0 Å². The Labute approximate surface area is 101 Å². The lowest BCUT2D eigenvalue weighted by molar-refractivity contribution is 0.639. The predicted octanol–water partition coefficient (Wildman–Crippen LogP) is 3.96. The van der Waals surface area contributed by atoms with Gasteiger partial charge in [-0.05, 0) is 43.5 Å². The van der Waals surface area contributed by atoms with Gasteiger partial charge in [-0.25, -0.2) is 0 Å². The van der Waals surface area contributed by atoms with Gasteiger partial charge in [-0.2, -0.15) is 0 Å². The van der Waals surface area contributed by atoms with E-state index in [1.54, 1.807) is 0 Å². The third kappa shape index (κ3) is 3.62. The van der Waals surface area contributed by atoms with Crippen molar-refractivity contribution in [1.82, 2.24) is 5.32 Å². The highest BCUT2D eigenvalue weighted by Gasteiger charge is 2.03. The van der Waals surface area contributed by atoms with E-state index in [0.29, 0.717) is 0 Å². The first-order valence-corrected chi connectivity index (χ1v) is 6.41. The Morgan fingerprint density at radius 1 is 1.27 bits per heavy atom. The molecule has 1 nitrogen and oxygen atoms in total. The first-order valence-electron chi connectivity index (χ1n) is 5.62. The molecule has 0 amide bonds. The van der Waals surface area contributed by atoms with Gasteiger partial charge in [0.2, 0.25) is 0 Å². The second-order valence-electron chi connectivity index (χ2n) is 4.01. The molecule has 0 spiro atoms. The van der Waals surface area contributed by atoms with E-state index in [0.717, 1.165) is 13.1 Å². The molecule has 0 bridgehead atoms. The summed E-state index contributed by atoms with van der Waals surface area (Å²) in [5, 5.41) is 3.47. The molecule has 0 heterocycles. The highest BCUT2D eigenvalue weighted by atomic mass is 79.9. The molecule has 15 heavy (non-hydrogen) atoms. The Morgan fingerprint density at radius 2 is 2.00 bits per heavy atom. The summed E-state index contributed by atoms with van der Waals surface area (Å²) in [4.78, 5) is 0. The van der Waals surface area contributed by atoms with Gasteiger partial charge in [-0.3, -0.25) is 0 Å². The highest BCUT2D eigenvalue weighted by Crippen LogP contribution is 2.23. The minimum atomic E-state index is 0.977. The van der Waals surface area contributed by atoms with Crippen molar-refractivity contribution in [3.8, 4) is 0 Å². The van der Waals surface area contributed by atoms with Crippen LogP contribution in [0, 0.1) is 13.8 Å². The van der Waals surface area contributed by atoms with E-state index >= 15 is 0 Å². The first-order chi connectivity index (χ1) is 7.16. The topological polar surface area (TPSA) is 12.0 Å². The van der Waals surface area contributed by atoms with Gasteiger partial charge in [-0.15, -0.1) is 0 Å². The van der Waals surface area contributed by atoms with Crippen LogP contribution in [-0.2, 0) is 6.54 Å². The zero-order valence-electron chi connectivity index (χ0n) is 9.86. The molecule has 0 saturated heterocycles. The van der Waals surface area contributed by atoms with Crippen LogP contribution in [0.25, 0.3) is 0 Å². The zero-order chi connectivity index (χ0) is 11.3. The van der Waals surface area contributed by atoms with Crippen LogP contribution in [0.1, 0.15) is 36.5 Å². The third-order valence-electron chi connectivity index (χ3n) is 2.71. The number of benzene rings is 1. The fourth-order valence-electron chi connectivity index (χ4n) is 1.58. The van der Waals surface area contributed by atoms with Gasteiger partial charge in [0.15, 0.2) is 0 Å². The summed E-state index contributed by atoms with van der Waals surface area (Å²) in [6, 6.07) is 4.39. The molecule has 1 aromatic carbocycles. The third-order valence-corrected chi connectivity index (χ3v) is 3.93. The average molecular weight is 270 g/mol. The molecular formula is C13H20BrN. The monoisotopic (exact) mass is 269 g/mol. The molecule has 0 aliphatic rings. The quantitative estimate of drug-likeness (QED) is 0.799. The Hall–Kier alpha value is -0.340. The fraction of sp³-hybridized carbons (Fsp3) is 0.538. The minimum absolute atomic E-state index is 0.977. The van der Waals surface area contributed by atoms with Gasteiger partial charge in [0.25, 0.3) is 0 Å². The minimum Gasteiger partial charge on any atom is -0.313 e. The van der Waals surface area contributed by atoms with Crippen LogP contribution in [0.15, 0.2) is 16.6 Å². The summed E-state index contributed by atoms with van der Waals surface area (Å²) < 4.78 is 1.25. The van der Waals surface area contributed by atoms with E-state index in [-0.39, 0.29) is 0 Å². The number of halogens is 1. The summed E-state index contributed by atoms with van der Waals surface area (Å²) in [6.45, 7) is 8.61. The van der Waals surface area contributed by atoms with Crippen molar-refractivity contribution in [3.05, 3.63) is 33.3 Å². The van der Waals surface area contributed by atoms with Crippen LogP contribution < -0.4 is 5.32 Å². The largest absolute Gasteiger partial charge is 0.313 e. The van der Waals surface area contributed by atoms with E-state index in [9.17, 15) is 0 Å². The number of rotatable bonds is 5.